The summed E-state index contributed by atoms with van der Waals surface area (Å²) in [7, 11) is 0. The molecule has 3 rings (SSSR count). The molecule has 2 fully saturated rings. The van der Waals surface area contributed by atoms with Crippen LogP contribution in [0.4, 0.5) is 11.6 Å². The molecular formula is C13H20N4OS. The van der Waals surface area contributed by atoms with Gasteiger partial charge < -0.3 is 15.3 Å². The Morgan fingerprint density at radius 2 is 2.21 bits per heavy atom. The first-order chi connectivity index (χ1) is 9.25. The van der Waals surface area contributed by atoms with Gasteiger partial charge in [0.25, 0.3) is 0 Å². The van der Waals surface area contributed by atoms with Gasteiger partial charge in [-0.25, -0.2) is 9.97 Å². The molecule has 1 unspecified atom stereocenters. The van der Waals surface area contributed by atoms with Crippen LogP contribution in [0.5, 0.6) is 0 Å². The third-order valence-corrected chi connectivity index (χ3v) is 5.00. The molecule has 1 aromatic heterocycles. The van der Waals surface area contributed by atoms with Gasteiger partial charge in [-0.2, -0.15) is 11.8 Å². The molecular weight excluding hydrogens is 260 g/mol. The SMILES string of the molecule is OC1(CNc2cc(N3CCCC3)ncn2)CCSC1. The maximum absolute atomic E-state index is 10.3. The summed E-state index contributed by atoms with van der Waals surface area (Å²) in [5.74, 6) is 3.65. The van der Waals surface area contributed by atoms with E-state index < -0.39 is 5.60 Å². The van der Waals surface area contributed by atoms with Gasteiger partial charge >= 0.3 is 0 Å². The van der Waals surface area contributed by atoms with Crippen molar-refractivity contribution in [3.05, 3.63) is 12.4 Å². The fourth-order valence-electron chi connectivity index (χ4n) is 2.55. The Morgan fingerprint density at radius 3 is 2.95 bits per heavy atom. The van der Waals surface area contributed by atoms with Crippen LogP contribution in [0.1, 0.15) is 19.3 Å². The van der Waals surface area contributed by atoms with Gasteiger partial charge in [0.1, 0.15) is 18.0 Å². The smallest absolute Gasteiger partial charge is 0.134 e. The van der Waals surface area contributed by atoms with Crippen LogP contribution in [-0.2, 0) is 0 Å². The lowest BCUT2D eigenvalue weighted by molar-refractivity contribution is 0.0819. The highest BCUT2D eigenvalue weighted by Crippen LogP contribution is 2.28. The zero-order valence-corrected chi connectivity index (χ0v) is 11.8. The van der Waals surface area contributed by atoms with E-state index in [1.807, 2.05) is 17.8 Å². The number of nitrogens with zero attached hydrogens (tertiary/aromatic N) is 3. The second-order valence-electron chi connectivity index (χ2n) is 5.34. The first-order valence-corrected chi connectivity index (χ1v) is 8.02. The average molecular weight is 280 g/mol. The van der Waals surface area contributed by atoms with E-state index in [9.17, 15) is 5.11 Å². The van der Waals surface area contributed by atoms with E-state index in [1.165, 1.54) is 12.8 Å². The van der Waals surface area contributed by atoms with Crippen LogP contribution in [0.3, 0.4) is 0 Å². The van der Waals surface area contributed by atoms with Crippen molar-refractivity contribution in [2.24, 2.45) is 0 Å². The number of anilines is 2. The minimum absolute atomic E-state index is 0.566. The lowest BCUT2D eigenvalue weighted by Crippen LogP contribution is -2.36. The Balaban J connectivity index is 1.62. The van der Waals surface area contributed by atoms with Gasteiger partial charge in [-0.15, -0.1) is 0 Å². The van der Waals surface area contributed by atoms with Crippen molar-refractivity contribution in [1.29, 1.82) is 0 Å². The van der Waals surface area contributed by atoms with Crippen molar-refractivity contribution in [1.82, 2.24) is 9.97 Å². The summed E-state index contributed by atoms with van der Waals surface area (Å²) in [6, 6.07) is 1.98. The van der Waals surface area contributed by atoms with E-state index in [1.54, 1.807) is 6.33 Å². The van der Waals surface area contributed by atoms with Crippen LogP contribution in [-0.4, -0.2) is 51.8 Å². The summed E-state index contributed by atoms with van der Waals surface area (Å²) in [5.41, 5.74) is -0.580. The minimum atomic E-state index is -0.580. The molecule has 0 spiro atoms. The Bertz CT molecular complexity index is 430. The second-order valence-corrected chi connectivity index (χ2v) is 6.44. The Kier molecular flexibility index (Phi) is 3.79. The van der Waals surface area contributed by atoms with E-state index in [0.29, 0.717) is 6.54 Å². The number of aliphatic hydroxyl groups is 1. The Morgan fingerprint density at radius 1 is 1.37 bits per heavy atom. The van der Waals surface area contributed by atoms with Crippen molar-refractivity contribution in [3.8, 4) is 0 Å². The minimum Gasteiger partial charge on any atom is -0.387 e. The lowest BCUT2D eigenvalue weighted by Gasteiger charge is -2.22. The highest BCUT2D eigenvalue weighted by atomic mass is 32.2. The number of nitrogens with one attached hydrogen (secondary N) is 1. The normalized spacial score (nSPS) is 26.9. The van der Waals surface area contributed by atoms with E-state index in [2.05, 4.69) is 20.2 Å². The fraction of sp³-hybridized carbons (Fsp3) is 0.692. The van der Waals surface area contributed by atoms with Crippen molar-refractivity contribution in [2.75, 3.05) is 41.4 Å². The predicted molar refractivity (Wildman–Crippen MR) is 78.9 cm³/mol. The van der Waals surface area contributed by atoms with Gasteiger partial charge in [0.15, 0.2) is 0 Å². The molecule has 0 saturated carbocycles. The summed E-state index contributed by atoms with van der Waals surface area (Å²) >= 11 is 1.81. The molecule has 2 N–H and O–H groups in total. The molecule has 1 aromatic rings. The van der Waals surface area contributed by atoms with Crippen LogP contribution in [0, 0.1) is 0 Å². The fourth-order valence-corrected chi connectivity index (χ4v) is 3.85. The maximum Gasteiger partial charge on any atom is 0.134 e. The second kappa shape index (κ2) is 5.54. The first kappa shape index (κ1) is 13.0. The predicted octanol–water partition coefficient (Wildman–Crippen LogP) is 1.36. The number of hydrogen-bond acceptors (Lipinski definition) is 6. The van der Waals surface area contributed by atoms with Crippen LogP contribution >= 0.6 is 11.8 Å². The largest absolute Gasteiger partial charge is 0.387 e. The van der Waals surface area contributed by atoms with Gasteiger partial charge in [-0.05, 0) is 25.0 Å². The van der Waals surface area contributed by atoms with Gasteiger partial charge in [0, 0.05) is 31.5 Å². The number of aromatic nitrogens is 2. The standard InChI is InChI=1S/C13H20N4OS/c18-13(3-6-19-9-13)8-14-11-7-12(16-10-15-11)17-4-1-2-5-17/h7,10,18H,1-6,8-9H2,(H,14,15,16). The lowest BCUT2D eigenvalue weighted by atomic mass is 10.0. The van der Waals surface area contributed by atoms with Crippen LogP contribution in [0.15, 0.2) is 12.4 Å². The summed E-state index contributed by atoms with van der Waals surface area (Å²) in [6.07, 6.45) is 4.94. The third kappa shape index (κ3) is 3.12. The highest BCUT2D eigenvalue weighted by molar-refractivity contribution is 7.99. The molecule has 104 valence electrons. The monoisotopic (exact) mass is 280 g/mol. The third-order valence-electron chi connectivity index (χ3n) is 3.76. The zero-order valence-electron chi connectivity index (χ0n) is 11.0. The zero-order chi connectivity index (χ0) is 13.1. The number of rotatable bonds is 4. The van der Waals surface area contributed by atoms with Gasteiger partial charge in [-0.1, -0.05) is 0 Å². The quantitative estimate of drug-likeness (QED) is 0.868. The van der Waals surface area contributed by atoms with Crippen LogP contribution in [0.2, 0.25) is 0 Å². The van der Waals surface area contributed by atoms with Crippen molar-refractivity contribution < 1.29 is 5.11 Å². The summed E-state index contributed by atoms with van der Waals surface area (Å²) in [5, 5.41) is 13.5. The summed E-state index contributed by atoms with van der Waals surface area (Å²) in [4.78, 5) is 10.8. The molecule has 0 aliphatic carbocycles. The molecule has 0 radical (unpaired) electrons. The molecule has 19 heavy (non-hydrogen) atoms. The van der Waals surface area contributed by atoms with E-state index in [4.69, 9.17) is 0 Å². The van der Waals surface area contributed by atoms with Gasteiger partial charge in [-0.3, -0.25) is 0 Å². The van der Waals surface area contributed by atoms with Gasteiger partial charge in [0.2, 0.25) is 0 Å². The maximum atomic E-state index is 10.3. The molecule has 0 bridgehead atoms. The molecule has 2 aliphatic rings. The van der Waals surface area contributed by atoms with E-state index in [0.717, 1.165) is 42.7 Å². The average Bonchev–Trinajstić information content (AvgIpc) is 3.09. The topological polar surface area (TPSA) is 61.3 Å². The van der Waals surface area contributed by atoms with E-state index in [-0.39, 0.29) is 0 Å². The van der Waals surface area contributed by atoms with Crippen molar-refractivity contribution >= 4 is 23.4 Å². The summed E-state index contributed by atoms with van der Waals surface area (Å²) < 4.78 is 0. The molecule has 0 aromatic carbocycles. The molecule has 6 heteroatoms. The molecule has 1 atom stereocenters. The molecule has 3 heterocycles. The van der Waals surface area contributed by atoms with Gasteiger partial charge in [0.05, 0.1) is 5.60 Å². The molecule has 2 saturated heterocycles. The Labute approximate surface area is 117 Å². The number of hydrogen-bond donors (Lipinski definition) is 2. The van der Waals surface area contributed by atoms with Crippen LogP contribution in [0.25, 0.3) is 0 Å². The Hall–Kier alpha value is -1.01. The van der Waals surface area contributed by atoms with Crippen LogP contribution < -0.4 is 10.2 Å². The van der Waals surface area contributed by atoms with E-state index >= 15 is 0 Å². The molecule has 2 aliphatic heterocycles. The summed E-state index contributed by atoms with van der Waals surface area (Å²) in [6.45, 7) is 2.73. The number of thioether (sulfide) groups is 1. The first-order valence-electron chi connectivity index (χ1n) is 6.86. The van der Waals surface area contributed by atoms with Crippen molar-refractivity contribution in [2.45, 2.75) is 24.9 Å². The highest BCUT2D eigenvalue weighted by Gasteiger charge is 2.31. The molecule has 0 amide bonds. The van der Waals surface area contributed by atoms with Crippen molar-refractivity contribution in [3.63, 3.8) is 0 Å². The molecule has 5 nitrogen and oxygen atoms in total.